The van der Waals surface area contributed by atoms with Gasteiger partial charge in [-0.15, -0.1) is 0 Å². The summed E-state index contributed by atoms with van der Waals surface area (Å²) in [5.74, 6) is 2.33. The van der Waals surface area contributed by atoms with E-state index in [1.165, 1.54) is 68.1 Å². The molecule has 2 aliphatic rings. The maximum absolute atomic E-state index is 13.2. The average molecular weight is 375 g/mol. The number of carbonyl (C=O) groups is 1. The van der Waals surface area contributed by atoms with Crippen molar-refractivity contribution >= 4 is 5.78 Å². The molecule has 2 saturated carbocycles. The van der Waals surface area contributed by atoms with Crippen LogP contribution in [0.3, 0.4) is 0 Å². The lowest BCUT2D eigenvalue weighted by Gasteiger charge is -2.24. The summed E-state index contributed by atoms with van der Waals surface area (Å²) in [7, 11) is 0. The van der Waals surface area contributed by atoms with E-state index in [-0.39, 0.29) is 0 Å². The van der Waals surface area contributed by atoms with Gasteiger partial charge in [0.2, 0.25) is 0 Å². The molecular weight excluding hydrogens is 340 g/mol. The smallest absolute Gasteiger partial charge is 0.163 e. The van der Waals surface area contributed by atoms with Gasteiger partial charge in [-0.25, -0.2) is 0 Å². The first-order valence-corrected chi connectivity index (χ1v) is 11.3. The maximum Gasteiger partial charge on any atom is 0.163 e. The van der Waals surface area contributed by atoms with Gasteiger partial charge in [0.15, 0.2) is 5.78 Å². The quantitative estimate of drug-likeness (QED) is 0.447. The fraction of sp³-hybridized carbons (Fsp3) is 0.519. The molecule has 0 bridgehead atoms. The lowest BCUT2D eigenvalue weighted by Crippen LogP contribution is -2.16. The van der Waals surface area contributed by atoms with Gasteiger partial charge in [0.25, 0.3) is 0 Å². The van der Waals surface area contributed by atoms with Crippen LogP contribution in [0.4, 0.5) is 0 Å². The Labute approximate surface area is 170 Å². The van der Waals surface area contributed by atoms with Crippen LogP contribution in [0.15, 0.2) is 42.5 Å². The van der Waals surface area contributed by atoms with Crippen molar-refractivity contribution in [2.45, 2.75) is 77.6 Å². The molecule has 0 aliphatic heterocycles. The highest BCUT2D eigenvalue weighted by molar-refractivity contribution is 5.98. The SMILES string of the molecule is Cc1ccc(C(=O)C[C@@H](c2ccc(CCC3CC3)cc2)C2CCCC2)c(C)c1. The normalized spacial score (nSPS) is 18.4. The number of hydrogen-bond donors (Lipinski definition) is 0. The van der Waals surface area contributed by atoms with Gasteiger partial charge in [-0.05, 0) is 74.0 Å². The second kappa shape index (κ2) is 8.64. The number of aryl methyl sites for hydroxylation is 3. The second-order valence-electron chi connectivity index (χ2n) is 9.32. The van der Waals surface area contributed by atoms with Crippen molar-refractivity contribution in [3.05, 3.63) is 70.3 Å². The molecule has 0 N–H and O–H groups in total. The van der Waals surface area contributed by atoms with Gasteiger partial charge < -0.3 is 0 Å². The molecule has 4 rings (SSSR count). The van der Waals surface area contributed by atoms with Crippen LogP contribution in [0, 0.1) is 25.7 Å². The van der Waals surface area contributed by atoms with Crippen molar-refractivity contribution in [3.63, 3.8) is 0 Å². The van der Waals surface area contributed by atoms with Crippen LogP contribution in [0.5, 0.6) is 0 Å². The summed E-state index contributed by atoms with van der Waals surface area (Å²) in [5, 5.41) is 0. The van der Waals surface area contributed by atoms with Gasteiger partial charge in [0.05, 0.1) is 0 Å². The Balaban J connectivity index is 1.50. The van der Waals surface area contributed by atoms with Crippen molar-refractivity contribution in [2.24, 2.45) is 11.8 Å². The van der Waals surface area contributed by atoms with Crippen LogP contribution in [0.2, 0.25) is 0 Å². The van der Waals surface area contributed by atoms with Crippen molar-refractivity contribution in [1.29, 1.82) is 0 Å². The van der Waals surface area contributed by atoms with E-state index < -0.39 is 0 Å². The maximum atomic E-state index is 13.2. The first kappa shape index (κ1) is 19.4. The van der Waals surface area contributed by atoms with Gasteiger partial charge in [-0.3, -0.25) is 4.79 Å². The van der Waals surface area contributed by atoms with Crippen LogP contribution in [0.25, 0.3) is 0 Å². The summed E-state index contributed by atoms with van der Waals surface area (Å²) >= 11 is 0. The highest BCUT2D eigenvalue weighted by atomic mass is 16.1. The van der Waals surface area contributed by atoms with E-state index in [0.717, 1.165) is 17.0 Å². The molecule has 0 unspecified atom stereocenters. The van der Waals surface area contributed by atoms with E-state index in [1.807, 2.05) is 6.07 Å². The summed E-state index contributed by atoms with van der Waals surface area (Å²) in [6, 6.07) is 15.5. The molecule has 148 valence electrons. The van der Waals surface area contributed by atoms with E-state index in [0.29, 0.717) is 24.0 Å². The highest BCUT2D eigenvalue weighted by Crippen LogP contribution is 2.40. The molecule has 0 heterocycles. The largest absolute Gasteiger partial charge is 0.294 e. The average Bonchev–Trinajstić information content (AvgIpc) is 3.36. The summed E-state index contributed by atoms with van der Waals surface area (Å²) < 4.78 is 0. The lowest BCUT2D eigenvalue weighted by molar-refractivity contribution is 0.0963. The molecule has 2 aliphatic carbocycles. The van der Waals surface area contributed by atoms with Gasteiger partial charge in [0.1, 0.15) is 0 Å². The van der Waals surface area contributed by atoms with E-state index in [2.05, 4.69) is 50.2 Å². The minimum Gasteiger partial charge on any atom is -0.294 e. The molecule has 2 fully saturated rings. The molecule has 1 atom stereocenters. The number of hydrogen-bond acceptors (Lipinski definition) is 1. The predicted molar refractivity (Wildman–Crippen MR) is 117 cm³/mol. The number of benzene rings is 2. The fourth-order valence-corrected chi connectivity index (χ4v) is 5.06. The highest BCUT2D eigenvalue weighted by Gasteiger charge is 2.29. The molecule has 2 aromatic carbocycles. The van der Waals surface area contributed by atoms with E-state index in [4.69, 9.17) is 0 Å². The first-order chi connectivity index (χ1) is 13.6. The molecule has 0 aromatic heterocycles. The summed E-state index contributed by atoms with van der Waals surface area (Å²) in [6.45, 7) is 4.16. The first-order valence-electron chi connectivity index (χ1n) is 11.3. The zero-order chi connectivity index (χ0) is 19.5. The molecule has 1 nitrogen and oxygen atoms in total. The summed E-state index contributed by atoms with van der Waals surface area (Å²) in [5.41, 5.74) is 6.09. The van der Waals surface area contributed by atoms with Crippen molar-refractivity contribution in [1.82, 2.24) is 0 Å². The Morgan fingerprint density at radius 1 is 0.964 bits per heavy atom. The van der Waals surface area contributed by atoms with E-state index >= 15 is 0 Å². The molecular formula is C27H34O. The molecule has 0 radical (unpaired) electrons. The lowest BCUT2D eigenvalue weighted by atomic mass is 9.80. The molecule has 1 heteroatoms. The van der Waals surface area contributed by atoms with Gasteiger partial charge in [0, 0.05) is 12.0 Å². The van der Waals surface area contributed by atoms with E-state index in [9.17, 15) is 4.79 Å². The molecule has 0 saturated heterocycles. The van der Waals surface area contributed by atoms with E-state index in [1.54, 1.807) is 0 Å². The second-order valence-corrected chi connectivity index (χ2v) is 9.32. The number of Topliss-reactive ketones (excluding diaryl/α,β-unsaturated/α-hetero) is 1. The molecule has 28 heavy (non-hydrogen) atoms. The summed E-state index contributed by atoms with van der Waals surface area (Å²) in [6.07, 6.45) is 11.2. The van der Waals surface area contributed by atoms with Crippen LogP contribution in [-0.4, -0.2) is 5.78 Å². The van der Waals surface area contributed by atoms with Crippen LogP contribution in [0.1, 0.15) is 89.9 Å². The van der Waals surface area contributed by atoms with Crippen molar-refractivity contribution in [2.75, 3.05) is 0 Å². The third-order valence-electron chi connectivity index (χ3n) is 7.00. The van der Waals surface area contributed by atoms with Crippen molar-refractivity contribution < 1.29 is 4.79 Å². The monoisotopic (exact) mass is 374 g/mol. The standard InChI is InChI=1S/C27H34O/c1-19-7-16-25(20(2)17-19)27(28)18-26(23-5-3-4-6-23)24-14-12-22(13-15-24)11-10-21-8-9-21/h7,12-17,21,23,26H,3-6,8-11,18H2,1-2H3/t26-/m1/s1. The number of carbonyl (C=O) groups excluding carboxylic acids is 1. The molecule has 2 aromatic rings. The Bertz CT molecular complexity index is 807. The van der Waals surface area contributed by atoms with Crippen LogP contribution in [-0.2, 0) is 6.42 Å². The fourth-order valence-electron chi connectivity index (χ4n) is 5.06. The van der Waals surface area contributed by atoms with Crippen LogP contribution >= 0.6 is 0 Å². The van der Waals surface area contributed by atoms with Gasteiger partial charge in [-0.2, -0.15) is 0 Å². The van der Waals surface area contributed by atoms with Gasteiger partial charge in [-0.1, -0.05) is 73.7 Å². The Hall–Kier alpha value is -1.89. The minimum absolute atomic E-state index is 0.312. The Morgan fingerprint density at radius 3 is 2.32 bits per heavy atom. The zero-order valence-electron chi connectivity index (χ0n) is 17.5. The third kappa shape index (κ3) is 4.74. The number of ketones is 1. The summed E-state index contributed by atoms with van der Waals surface area (Å²) in [4.78, 5) is 13.2. The molecule has 0 spiro atoms. The predicted octanol–water partition coefficient (Wildman–Crippen LogP) is 7.19. The van der Waals surface area contributed by atoms with Crippen molar-refractivity contribution in [3.8, 4) is 0 Å². The zero-order valence-corrected chi connectivity index (χ0v) is 17.5. The topological polar surface area (TPSA) is 17.1 Å². The van der Waals surface area contributed by atoms with Gasteiger partial charge >= 0.3 is 0 Å². The minimum atomic E-state index is 0.312. The Morgan fingerprint density at radius 2 is 1.68 bits per heavy atom. The third-order valence-corrected chi connectivity index (χ3v) is 7.00. The van der Waals surface area contributed by atoms with Crippen LogP contribution < -0.4 is 0 Å². The number of rotatable bonds is 8. The Kier molecular flexibility index (Phi) is 5.99. The molecule has 0 amide bonds.